The summed E-state index contributed by atoms with van der Waals surface area (Å²) in [7, 11) is 0. The third kappa shape index (κ3) is 4.43. The minimum Gasteiger partial charge on any atom is -0.480 e. The molecule has 1 heterocycles. The van der Waals surface area contributed by atoms with Crippen molar-refractivity contribution < 1.29 is 9.90 Å². The first-order valence-electron chi connectivity index (χ1n) is 7.07. The maximum atomic E-state index is 11.1. The van der Waals surface area contributed by atoms with Gasteiger partial charge in [-0.15, -0.1) is 0 Å². The summed E-state index contributed by atoms with van der Waals surface area (Å²) in [4.78, 5) is 11.1. The number of rotatable bonds is 7. The summed E-state index contributed by atoms with van der Waals surface area (Å²) in [6, 6.07) is 9.56. The maximum Gasteiger partial charge on any atom is 0.320 e. The number of carboxylic acid groups (broad SMARTS) is 1. The van der Waals surface area contributed by atoms with Crippen molar-refractivity contribution in [1.29, 1.82) is 0 Å². The lowest BCUT2D eigenvalue weighted by atomic mass is 10.0. The first-order chi connectivity index (χ1) is 10.1. The monoisotopic (exact) mass is 287 g/mol. The van der Waals surface area contributed by atoms with Crippen LogP contribution in [0.15, 0.2) is 42.7 Å². The molecule has 2 rings (SSSR count). The molecule has 0 fully saturated rings. The zero-order valence-electron chi connectivity index (χ0n) is 12.4. The Morgan fingerprint density at radius 3 is 2.62 bits per heavy atom. The van der Waals surface area contributed by atoms with Crippen molar-refractivity contribution in [3.05, 3.63) is 53.9 Å². The molecule has 0 saturated heterocycles. The van der Waals surface area contributed by atoms with Crippen LogP contribution >= 0.6 is 0 Å². The second-order valence-corrected chi connectivity index (χ2v) is 5.47. The van der Waals surface area contributed by atoms with Gasteiger partial charge in [-0.25, -0.2) is 0 Å². The van der Waals surface area contributed by atoms with E-state index in [4.69, 9.17) is 5.11 Å². The molecule has 1 aromatic heterocycles. The summed E-state index contributed by atoms with van der Waals surface area (Å²) in [5.74, 6) is -0.774. The van der Waals surface area contributed by atoms with Crippen LogP contribution in [0.2, 0.25) is 0 Å². The highest BCUT2D eigenvalue weighted by Crippen LogP contribution is 2.06. The van der Waals surface area contributed by atoms with Gasteiger partial charge in [0.15, 0.2) is 0 Å². The standard InChI is InChI=1S/C16H21N3O2/c1-12(2)15(16(20)21)17-8-14-9-18-19(11-14)10-13-6-4-3-5-7-13/h3-7,9,11-12,15,17H,8,10H2,1-2H3,(H,20,21)/t15-/m1/s1. The molecule has 2 N–H and O–H groups in total. The molecule has 112 valence electrons. The number of aliphatic carboxylic acids is 1. The topological polar surface area (TPSA) is 67.2 Å². The van der Waals surface area contributed by atoms with Crippen LogP contribution < -0.4 is 5.32 Å². The number of benzene rings is 1. The molecule has 0 spiro atoms. The summed E-state index contributed by atoms with van der Waals surface area (Å²) in [5.41, 5.74) is 2.17. The molecule has 0 saturated carbocycles. The molecule has 0 aliphatic rings. The van der Waals surface area contributed by atoms with Crippen LogP contribution in [-0.2, 0) is 17.9 Å². The highest BCUT2D eigenvalue weighted by molar-refractivity contribution is 5.73. The van der Waals surface area contributed by atoms with Gasteiger partial charge in [0.25, 0.3) is 0 Å². The molecule has 21 heavy (non-hydrogen) atoms. The van der Waals surface area contributed by atoms with Crippen LogP contribution in [0.1, 0.15) is 25.0 Å². The molecule has 5 nitrogen and oxygen atoms in total. The lowest BCUT2D eigenvalue weighted by molar-refractivity contribution is -0.140. The Labute approximate surface area is 124 Å². The van der Waals surface area contributed by atoms with Gasteiger partial charge in [-0.2, -0.15) is 5.10 Å². The second-order valence-electron chi connectivity index (χ2n) is 5.47. The van der Waals surface area contributed by atoms with E-state index in [1.54, 1.807) is 6.20 Å². The first kappa shape index (κ1) is 15.3. The zero-order valence-corrected chi connectivity index (χ0v) is 12.4. The van der Waals surface area contributed by atoms with Gasteiger partial charge in [-0.3, -0.25) is 14.8 Å². The average Bonchev–Trinajstić information content (AvgIpc) is 2.87. The van der Waals surface area contributed by atoms with Crippen LogP contribution in [-0.4, -0.2) is 26.9 Å². The van der Waals surface area contributed by atoms with E-state index in [1.165, 1.54) is 5.56 Å². The zero-order chi connectivity index (χ0) is 15.2. The fraction of sp³-hybridized carbons (Fsp3) is 0.375. The number of aromatic nitrogens is 2. The molecular formula is C16H21N3O2. The third-order valence-electron chi connectivity index (χ3n) is 3.33. The second kappa shape index (κ2) is 7.04. The molecule has 0 aliphatic heterocycles. The van der Waals surface area contributed by atoms with E-state index in [-0.39, 0.29) is 5.92 Å². The van der Waals surface area contributed by atoms with Gasteiger partial charge in [-0.05, 0) is 11.5 Å². The Morgan fingerprint density at radius 2 is 2.00 bits per heavy atom. The van der Waals surface area contributed by atoms with Gasteiger partial charge in [-0.1, -0.05) is 44.2 Å². The quantitative estimate of drug-likeness (QED) is 0.818. The molecular weight excluding hydrogens is 266 g/mol. The van der Waals surface area contributed by atoms with Crippen LogP contribution in [0.5, 0.6) is 0 Å². The molecule has 0 aliphatic carbocycles. The fourth-order valence-corrected chi connectivity index (χ4v) is 2.19. The van der Waals surface area contributed by atoms with E-state index < -0.39 is 12.0 Å². The first-order valence-corrected chi connectivity index (χ1v) is 7.07. The number of carbonyl (C=O) groups is 1. The van der Waals surface area contributed by atoms with Crippen LogP contribution in [0.25, 0.3) is 0 Å². The van der Waals surface area contributed by atoms with E-state index in [0.717, 1.165) is 5.56 Å². The van der Waals surface area contributed by atoms with Crippen LogP contribution in [0.3, 0.4) is 0 Å². The number of nitrogens with zero attached hydrogens (tertiary/aromatic N) is 2. The van der Waals surface area contributed by atoms with Crippen molar-refractivity contribution in [3.8, 4) is 0 Å². The lowest BCUT2D eigenvalue weighted by Crippen LogP contribution is -2.40. The normalized spacial score (nSPS) is 12.5. The molecule has 0 radical (unpaired) electrons. The Kier molecular flexibility index (Phi) is 5.11. The Morgan fingerprint density at radius 1 is 1.29 bits per heavy atom. The van der Waals surface area contributed by atoms with E-state index in [0.29, 0.717) is 13.1 Å². The molecule has 5 heteroatoms. The average molecular weight is 287 g/mol. The smallest absolute Gasteiger partial charge is 0.320 e. The SMILES string of the molecule is CC(C)[C@@H](NCc1cnn(Cc2ccccc2)c1)C(=O)O. The Bertz CT molecular complexity index is 578. The molecule has 2 aromatic rings. The van der Waals surface area contributed by atoms with Crippen LogP contribution in [0.4, 0.5) is 0 Å². The summed E-state index contributed by atoms with van der Waals surface area (Å²) >= 11 is 0. The van der Waals surface area contributed by atoms with Gasteiger partial charge in [0.1, 0.15) is 6.04 Å². The maximum absolute atomic E-state index is 11.1. The van der Waals surface area contributed by atoms with Crippen molar-refractivity contribution in [2.24, 2.45) is 5.92 Å². The van der Waals surface area contributed by atoms with Gasteiger partial charge in [0.2, 0.25) is 0 Å². The third-order valence-corrected chi connectivity index (χ3v) is 3.33. The van der Waals surface area contributed by atoms with Crippen molar-refractivity contribution >= 4 is 5.97 Å². The lowest BCUT2D eigenvalue weighted by Gasteiger charge is -2.17. The van der Waals surface area contributed by atoms with E-state index >= 15 is 0 Å². The van der Waals surface area contributed by atoms with Crippen LogP contribution in [0, 0.1) is 5.92 Å². The molecule has 0 unspecified atom stereocenters. The number of hydrogen-bond acceptors (Lipinski definition) is 3. The van der Waals surface area contributed by atoms with Gasteiger partial charge < -0.3 is 5.11 Å². The van der Waals surface area contributed by atoms with E-state index in [1.807, 2.05) is 42.9 Å². The van der Waals surface area contributed by atoms with Crippen molar-refractivity contribution in [2.45, 2.75) is 33.0 Å². The predicted molar refractivity (Wildman–Crippen MR) is 80.9 cm³/mol. The Balaban J connectivity index is 1.93. The van der Waals surface area contributed by atoms with Gasteiger partial charge >= 0.3 is 5.97 Å². The molecule has 0 bridgehead atoms. The summed E-state index contributed by atoms with van der Waals surface area (Å²) in [5, 5.41) is 16.5. The van der Waals surface area contributed by atoms with E-state index in [9.17, 15) is 4.79 Å². The minimum absolute atomic E-state index is 0.0434. The highest BCUT2D eigenvalue weighted by atomic mass is 16.4. The number of nitrogens with one attached hydrogen (secondary N) is 1. The molecule has 1 aromatic carbocycles. The van der Waals surface area contributed by atoms with Crippen molar-refractivity contribution in [2.75, 3.05) is 0 Å². The molecule has 0 amide bonds. The van der Waals surface area contributed by atoms with Crippen molar-refractivity contribution in [1.82, 2.24) is 15.1 Å². The summed E-state index contributed by atoms with van der Waals surface area (Å²) in [6.45, 7) is 5.01. The number of hydrogen-bond donors (Lipinski definition) is 2. The van der Waals surface area contributed by atoms with E-state index in [2.05, 4.69) is 22.5 Å². The van der Waals surface area contributed by atoms with Gasteiger partial charge in [0.05, 0.1) is 12.7 Å². The number of carboxylic acids is 1. The largest absolute Gasteiger partial charge is 0.480 e. The highest BCUT2D eigenvalue weighted by Gasteiger charge is 2.20. The van der Waals surface area contributed by atoms with Crippen molar-refractivity contribution in [3.63, 3.8) is 0 Å². The molecule has 1 atom stereocenters. The van der Waals surface area contributed by atoms with Gasteiger partial charge in [0, 0.05) is 18.3 Å². The predicted octanol–water partition coefficient (Wildman–Crippen LogP) is 2.13. The minimum atomic E-state index is -0.818. The summed E-state index contributed by atoms with van der Waals surface area (Å²) in [6.07, 6.45) is 3.72. The summed E-state index contributed by atoms with van der Waals surface area (Å²) < 4.78 is 1.86. The fourth-order valence-electron chi connectivity index (χ4n) is 2.19. The Hall–Kier alpha value is -2.14.